The van der Waals surface area contributed by atoms with Gasteiger partial charge in [0.2, 0.25) is 0 Å². The fourth-order valence-electron chi connectivity index (χ4n) is 1.17. The third-order valence-electron chi connectivity index (χ3n) is 1.75. The number of halogens is 2. The van der Waals surface area contributed by atoms with E-state index in [-0.39, 0.29) is 0 Å². The van der Waals surface area contributed by atoms with Crippen molar-refractivity contribution in [1.82, 2.24) is 0 Å². The van der Waals surface area contributed by atoms with Gasteiger partial charge in [-0.05, 0) is 22.9 Å². The molecule has 2 aromatic rings. The minimum Gasteiger partial charge on any atom is -0.0616 e. The Bertz CT molecular complexity index is 466. The van der Waals surface area contributed by atoms with Gasteiger partial charge in [0, 0.05) is 8.95 Å². The standard InChI is InChI=1S/C10H6Br2/c11-9-5-6-10(12)8-4-2-1-3-7(8)9/h1-6H/i5D. The molecule has 0 amide bonds. The monoisotopic (exact) mass is 285 g/mol. The highest BCUT2D eigenvalue weighted by atomic mass is 79.9. The summed E-state index contributed by atoms with van der Waals surface area (Å²) >= 11 is 6.85. The maximum Gasteiger partial charge on any atom is 0.0635 e. The normalized spacial score (nSPS) is 11.7. The number of rotatable bonds is 0. The summed E-state index contributed by atoms with van der Waals surface area (Å²) in [4.78, 5) is 0. The van der Waals surface area contributed by atoms with Crippen LogP contribution in [-0.2, 0) is 0 Å². The van der Waals surface area contributed by atoms with Gasteiger partial charge in [-0.2, -0.15) is 0 Å². The van der Waals surface area contributed by atoms with E-state index in [0.717, 1.165) is 19.7 Å². The van der Waals surface area contributed by atoms with Crippen LogP contribution >= 0.6 is 31.9 Å². The van der Waals surface area contributed by atoms with Gasteiger partial charge >= 0.3 is 0 Å². The fraction of sp³-hybridized carbons (Fsp3) is 0. The van der Waals surface area contributed by atoms with Crippen LogP contribution in [0, 0.1) is 0 Å². The first kappa shape index (κ1) is 7.10. The van der Waals surface area contributed by atoms with E-state index in [4.69, 9.17) is 1.37 Å². The van der Waals surface area contributed by atoms with Gasteiger partial charge in [0.05, 0.1) is 1.37 Å². The van der Waals surface area contributed by atoms with E-state index in [1.807, 2.05) is 24.3 Å². The van der Waals surface area contributed by atoms with Crippen molar-refractivity contribution in [2.24, 2.45) is 0 Å². The lowest BCUT2D eigenvalue weighted by Crippen LogP contribution is -1.74. The van der Waals surface area contributed by atoms with E-state index < -0.39 is 0 Å². The number of fused-ring (bicyclic) bond motifs is 1. The lowest BCUT2D eigenvalue weighted by molar-refractivity contribution is 1.67. The Kier molecular flexibility index (Phi) is 1.89. The third-order valence-corrected chi connectivity index (χ3v) is 3.06. The van der Waals surface area contributed by atoms with Crippen molar-refractivity contribution in [1.29, 1.82) is 0 Å². The molecule has 0 saturated heterocycles. The largest absolute Gasteiger partial charge is 0.0635 e. The molecule has 2 aromatic carbocycles. The predicted molar refractivity (Wildman–Crippen MR) is 59.3 cm³/mol. The van der Waals surface area contributed by atoms with Gasteiger partial charge in [0.15, 0.2) is 0 Å². The van der Waals surface area contributed by atoms with Crippen LogP contribution in [-0.4, -0.2) is 0 Å². The van der Waals surface area contributed by atoms with Crippen molar-refractivity contribution in [2.45, 2.75) is 0 Å². The van der Waals surface area contributed by atoms with Crippen molar-refractivity contribution < 1.29 is 1.37 Å². The summed E-state index contributed by atoms with van der Waals surface area (Å²) in [6.45, 7) is 0. The molecule has 2 rings (SSSR count). The molecule has 2 heteroatoms. The molecule has 0 aliphatic carbocycles. The predicted octanol–water partition coefficient (Wildman–Crippen LogP) is 4.36. The first-order valence-corrected chi connectivity index (χ1v) is 5.12. The van der Waals surface area contributed by atoms with Gasteiger partial charge in [-0.3, -0.25) is 0 Å². The van der Waals surface area contributed by atoms with Crippen LogP contribution in [0.5, 0.6) is 0 Å². The third kappa shape index (κ3) is 1.29. The zero-order chi connectivity index (χ0) is 9.42. The van der Waals surface area contributed by atoms with E-state index in [0.29, 0.717) is 6.04 Å². The lowest BCUT2D eigenvalue weighted by Gasteiger charge is -2.01. The molecule has 0 fully saturated rings. The average molecular weight is 287 g/mol. The molecule has 12 heavy (non-hydrogen) atoms. The summed E-state index contributed by atoms with van der Waals surface area (Å²) in [6, 6.07) is 10.3. The fourth-order valence-corrected chi connectivity index (χ4v) is 2.09. The van der Waals surface area contributed by atoms with Gasteiger partial charge in [0.25, 0.3) is 0 Å². The molecule has 0 aliphatic rings. The zero-order valence-electron chi connectivity index (χ0n) is 7.14. The molecular weight excluding hydrogens is 280 g/mol. The van der Waals surface area contributed by atoms with Crippen LogP contribution < -0.4 is 0 Å². The van der Waals surface area contributed by atoms with Crippen LogP contribution in [0.1, 0.15) is 1.37 Å². The van der Waals surface area contributed by atoms with E-state index in [2.05, 4.69) is 31.9 Å². The molecule has 60 valence electrons. The van der Waals surface area contributed by atoms with Crippen LogP contribution in [0.4, 0.5) is 0 Å². The summed E-state index contributed by atoms with van der Waals surface area (Å²) in [5.41, 5.74) is 0. The molecule has 0 spiro atoms. The maximum atomic E-state index is 7.67. The molecule has 0 unspecified atom stereocenters. The second-order valence-electron chi connectivity index (χ2n) is 2.50. The molecule has 0 aromatic heterocycles. The number of benzene rings is 2. The van der Waals surface area contributed by atoms with Crippen LogP contribution in [0.2, 0.25) is 0 Å². The molecule has 0 atom stereocenters. The van der Waals surface area contributed by atoms with E-state index >= 15 is 0 Å². The molecule has 0 radical (unpaired) electrons. The molecule has 0 heterocycles. The van der Waals surface area contributed by atoms with Gasteiger partial charge in [-0.1, -0.05) is 56.1 Å². The van der Waals surface area contributed by atoms with Gasteiger partial charge in [-0.25, -0.2) is 0 Å². The number of hydrogen-bond donors (Lipinski definition) is 0. The van der Waals surface area contributed by atoms with E-state index in [9.17, 15) is 0 Å². The van der Waals surface area contributed by atoms with Crippen LogP contribution in [0.15, 0.2) is 45.3 Å². The Hall–Kier alpha value is -0.340. The Morgan fingerprint density at radius 2 is 1.50 bits per heavy atom. The zero-order valence-corrected chi connectivity index (χ0v) is 9.31. The summed E-state index contributed by atoms with van der Waals surface area (Å²) in [5.74, 6) is 0. The van der Waals surface area contributed by atoms with Gasteiger partial charge in [0.1, 0.15) is 0 Å². The highest BCUT2D eigenvalue weighted by Gasteiger charge is 1.99. The summed E-state index contributed by atoms with van der Waals surface area (Å²) < 4.78 is 9.49. The quantitative estimate of drug-likeness (QED) is 0.675. The van der Waals surface area contributed by atoms with Crippen molar-refractivity contribution in [2.75, 3.05) is 0 Å². The van der Waals surface area contributed by atoms with E-state index in [1.165, 1.54) is 0 Å². The first-order valence-electron chi connectivity index (χ1n) is 4.03. The summed E-state index contributed by atoms with van der Waals surface area (Å²) in [5, 5.41) is 2.20. The second kappa shape index (κ2) is 3.19. The Morgan fingerprint density at radius 3 is 2.17 bits per heavy atom. The lowest BCUT2D eigenvalue weighted by atomic mass is 10.1. The summed E-state index contributed by atoms with van der Waals surface area (Å²) in [7, 11) is 0. The Balaban J connectivity index is 2.97. The molecule has 0 aliphatic heterocycles. The molecular formula is C10H6Br2. The van der Waals surface area contributed by atoms with Crippen LogP contribution in [0.25, 0.3) is 10.8 Å². The summed E-state index contributed by atoms with van der Waals surface area (Å²) in [6.07, 6.45) is 0. The Labute approximate surface area is 89.3 Å². The highest BCUT2D eigenvalue weighted by Crippen LogP contribution is 2.29. The van der Waals surface area contributed by atoms with Crippen molar-refractivity contribution in [3.63, 3.8) is 0 Å². The maximum absolute atomic E-state index is 7.67. The highest BCUT2D eigenvalue weighted by molar-refractivity contribution is 9.11. The second-order valence-corrected chi connectivity index (χ2v) is 4.14. The molecule has 0 bridgehead atoms. The molecule has 0 N–H and O–H groups in total. The van der Waals surface area contributed by atoms with Crippen molar-refractivity contribution >= 4 is 42.6 Å². The van der Waals surface area contributed by atoms with Crippen LogP contribution in [0.3, 0.4) is 0 Å². The topological polar surface area (TPSA) is 0 Å². The average Bonchev–Trinajstić information content (AvgIpc) is 2.15. The first-order chi connectivity index (χ1) is 6.20. The number of hydrogen-bond acceptors (Lipinski definition) is 0. The smallest absolute Gasteiger partial charge is 0.0616 e. The van der Waals surface area contributed by atoms with Crippen molar-refractivity contribution in [3.8, 4) is 0 Å². The minimum atomic E-state index is 0.505. The van der Waals surface area contributed by atoms with E-state index in [1.54, 1.807) is 6.07 Å². The van der Waals surface area contributed by atoms with Gasteiger partial charge < -0.3 is 0 Å². The molecule has 0 nitrogen and oxygen atoms in total. The molecule has 0 saturated carbocycles. The Morgan fingerprint density at radius 1 is 0.917 bits per heavy atom. The van der Waals surface area contributed by atoms with Gasteiger partial charge in [-0.15, -0.1) is 0 Å². The minimum absolute atomic E-state index is 0.505. The SMILES string of the molecule is [2H]c1cc(Br)c2ccccc2c1Br. The van der Waals surface area contributed by atoms with Crippen molar-refractivity contribution in [3.05, 3.63) is 45.3 Å².